The number of rotatable bonds is 7. The SMILES string of the molecule is CCC(C)CN(C)C(CNC)C(C)C. The van der Waals surface area contributed by atoms with Crippen molar-refractivity contribution in [3.05, 3.63) is 0 Å². The van der Waals surface area contributed by atoms with Crippen LogP contribution in [0.3, 0.4) is 0 Å². The largest absolute Gasteiger partial charge is 0.318 e. The van der Waals surface area contributed by atoms with E-state index in [2.05, 4.69) is 45.0 Å². The number of nitrogens with zero attached hydrogens (tertiary/aromatic N) is 1. The van der Waals surface area contributed by atoms with Gasteiger partial charge < -0.3 is 10.2 Å². The predicted molar refractivity (Wildman–Crippen MR) is 64.6 cm³/mol. The average molecular weight is 200 g/mol. The second kappa shape index (κ2) is 7.24. The molecule has 0 aromatic carbocycles. The first-order valence-corrected chi connectivity index (χ1v) is 5.87. The quantitative estimate of drug-likeness (QED) is 0.678. The molecule has 2 atom stereocenters. The molecule has 86 valence electrons. The maximum atomic E-state index is 3.28. The van der Waals surface area contributed by atoms with Crippen molar-refractivity contribution in [2.75, 3.05) is 27.2 Å². The van der Waals surface area contributed by atoms with Gasteiger partial charge in [0.2, 0.25) is 0 Å². The van der Waals surface area contributed by atoms with Crippen LogP contribution in [0.1, 0.15) is 34.1 Å². The third kappa shape index (κ3) is 4.97. The number of hydrogen-bond donors (Lipinski definition) is 1. The van der Waals surface area contributed by atoms with Crippen LogP contribution >= 0.6 is 0 Å². The monoisotopic (exact) mass is 200 g/mol. The van der Waals surface area contributed by atoms with Crippen LogP contribution in [-0.2, 0) is 0 Å². The Morgan fingerprint density at radius 1 is 1.21 bits per heavy atom. The van der Waals surface area contributed by atoms with Gasteiger partial charge in [-0.1, -0.05) is 34.1 Å². The highest BCUT2D eigenvalue weighted by atomic mass is 15.1. The van der Waals surface area contributed by atoms with Crippen LogP contribution in [0, 0.1) is 11.8 Å². The van der Waals surface area contributed by atoms with Gasteiger partial charge in [0, 0.05) is 19.1 Å². The summed E-state index contributed by atoms with van der Waals surface area (Å²) in [4.78, 5) is 2.50. The third-order valence-electron chi connectivity index (χ3n) is 3.05. The Kier molecular flexibility index (Phi) is 7.20. The van der Waals surface area contributed by atoms with Crippen molar-refractivity contribution in [1.29, 1.82) is 0 Å². The maximum Gasteiger partial charge on any atom is 0.0240 e. The summed E-state index contributed by atoms with van der Waals surface area (Å²) in [5, 5.41) is 3.28. The van der Waals surface area contributed by atoms with Crippen LogP contribution < -0.4 is 5.32 Å². The molecular weight excluding hydrogens is 172 g/mol. The molecule has 0 spiro atoms. The fourth-order valence-corrected chi connectivity index (χ4v) is 1.87. The highest BCUT2D eigenvalue weighted by molar-refractivity contribution is 4.75. The second-order valence-electron chi connectivity index (χ2n) is 4.82. The molecule has 0 rings (SSSR count). The lowest BCUT2D eigenvalue weighted by Gasteiger charge is -2.32. The topological polar surface area (TPSA) is 15.3 Å². The molecule has 0 heterocycles. The summed E-state index contributed by atoms with van der Waals surface area (Å²) in [6, 6.07) is 0.661. The van der Waals surface area contributed by atoms with E-state index in [0.717, 1.165) is 18.4 Å². The number of likely N-dealkylation sites (N-methyl/N-ethyl adjacent to an activating group) is 2. The standard InChI is InChI=1S/C12H28N2/c1-7-11(4)9-14(6)12(8-13-5)10(2)3/h10-13H,7-9H2,1-6H3. The normalized spacial score (nSPS) is 16.3. The van der Waals surface area contributed by atoms with E-state index in [4.69, 9.17) is 0 Å². The average Bonchev–Trinajstić information content (AvgIpc) is 2.13. The van der Waals surface area contributed by atoms with Crippen molar-refractivity contribution in [2.24, 2.45) is 11.8 Å². The van der Waals surface area contributed by atoms with E-state index in [9.17, 15) is 0 Å². The number of nitrogens with one attached hydrogen (secondary N) is 1. The third-order valence-corrected chi connectivity index (χ3v) is 3.05. The van der Waals surface area contributed by atoms with E-state index < -0.39 is 0 Å². The smallest absolute Gasteiger partial charge is 0.0240 e. The van der Waals surface area contributed by atoms with Crippen LogP contribution in [0.15, 0.2) is 0 Å². The Balaban J connectivity index is 4.07. The molecule has 0 fully saturated rings. The lowest BCUT2D eigenvalue weighted by atomic mass is 10.0. The van der Waals surface area contributed by atoms with Gasteiger partial charge in [-0.25, -0.2) is 0 Å². The fourth-order valence-electron chi connectivity index (χ4n) is 1.87. The van der Waals surface area contributed by atoms with Crippen molar-refractivity contribution < 1.29 is 0 Å². The molecule has 0 aliphatic heterocycles. The molecule has 0 saturated carbocycles. The summed E-state index contributed by atoms with van der Waals surface area (Å²) in [5.41, 5.74) is 0. The van der Waals surface area contributed by atoms with Gasteiger partial charge in [0.05, 0.1) is 0 Å². The first-order valence-electron chi connectivity index (χ1n) is 5.87. The molecular formula is C12H28N2. The lowest BCUT2D eigenvalue weighted by Crippen LogP contribution is -2.44. The summed E-state index contributed by atoms with van der Waals surface area (Å²) >= 11 is 0. The first-order chi connectivity index (χ1) is 6.52. The van der Waals surface area contributed by atoms with Crippen molar-refractivity contribution in [3.8, 4) is 0 Å². The van der Waals surface area contributed by atoms with Crippen LogP contribution in [0.2, 0.25) is 0 Å². The summed E-state index contributed by atoms with van der Waals surface area (Å²) in [5.74, 6) is 1.52. The van der Waals surface area contributed by atoms with Gasteiger partial charge in [0.15, 0.2) is 0 Å². The summed E-state index contributed by atoms with van der Waals surface area (Å²) in [6.45, 7) is 11.5. The minimum atomic E-state index is 0.661. The van der Waals surface area contributed by atoms with Crippen molar-refractivity contribution >= 4 is 0 Å². The lowest BCUT2D eigenvalue weighted by molar-refractivity contribution is 0.166. The van der Waals surface area contributed by atoms with E-state index in [0.29, 0.717) is 6.04 Å². The Bertz CT molecular complexity index is 134. The van der Waals surface area contributed by atoms with Crippen molar-refractivity contribution in [1.82, 2.24) is 10.2 Å². The highest BCUT2D eigenvalue weighted by Crippen LogP contribution is 2.11. The van der Waals surface area contributed by atoms with Crippen LogP contribution in [-0.4, -0.2) is 38.1 Å². The molecule has 0 aliphatic rings. The molecule has 0 aromatic rings. The Labute approximate surface area is 90.1 Å². The van der Waals surface area contributed by atoms with Gasteiger partial charge in [0.1, 0.15) is 0 Å². The zero-order chi connectivity index (χ0) is 11.1. The highest BCUT2D eigenvalue weighted by Gasteiger charge is 2.18. The van der Waals surface area contributed by atoms with Gasteiger partial charge in [-0.05, 0) is 25.9 Å². The predicted octanol–water partition coefficient (Wildman–Crippen LogP) is 2.21. The molecule has 2 unspecified atom stereocenters. The van der Waals surface area contributed by atoms with E-state index >= 15 is 0 Å². The van der Waals surface area contributed by atoms with E-state index in [1.165, 1.54) is 13.0 Å². The molecule has 0 saturated heterocycles. The molecule has 0 bridgehead atoms. The van der Waals surface area contributed by atoms with Crippen LogP contribution in [0.25, 0.3) is 0 Å². The maximum absolute atomic E-state index is 3.28. The zero-order valence-electron chi connectivity index (χ0n) is 10.8. The Morgan fingerprint density at radius 3 is 2.14 bits per heavy atom. The molecule has 2 nitrogen and oxygen atoms in total. The van der Waals surface area contributed by atoms with Gasteiger partial charge in [-0.15, -0.1) is 0 Å². The van der Waals surface area contributed by atoms with Crippen molar-refractivity contribution in [2.45, 2.75) is 40.2 Å². The minimum Gasteiger partial charge on any atom is -0.318 e. The minimum absolute atomic E-state index is 0.661. The summed E-state index contributed by atoms with van der Waals surface area (Å²) < 4.78 is 0. The summed E-state index contributed by atoms with van der Waals surface area (Å²) in [6.07, 6.45) is 1.27. The summed E-state index contributed by atoms with van der Waals surface area (Å²) in [7, 11) is 4.28. The molecule has 14 heavy (non-hydrogen) atoms. The van der Waals surface area contributed by atoms with Crippen LogP contribution in [0.5, 0.6) is 0 Å². The molecule has 1 N–H and O–H groups in total. The van der Waals surface area contributed by atoms with Crippen LogP contribution in [0.4, 0.5) is 0 Å². The molecule has 0 aromatic heterocycles. The molecule has 0 amide bonds. The second-order valence-corrected chi connectivity index (χ2v) is 4.82. The molecule has 2 heteroatoms. The van der Waals surface area contributed by atoms with Gasteiger partial charge >= 0.3 is 0 Å². The van der Waals surface area contributed by atoms with Gasteiger partial charge in [-0.3, -0.25) is 0 Å². The van der Waals surface area contributed by atoms with E-state index in [1.807, 2.05) is 7.05 Å². The molecule has 0 radical (unpaired) electrons. The fraction of sp³-hybridized carbons (Fsp3) is 1.00. The van der Waals surface area contributed by atoms with Gasteiger partial charge in [0.25, 0.3) is 0 Å². The Hall–Kier alpha value is -0.0800. The van der Waals surface area contributed by atoms with E-state index in [-0.39, 0.29) is 0 Å². The molecule has 0 aliphatic carbocycles. The zero-order valence-corrected chi connectivity index (χ0v) is 10.8. The Morgan fingerprint density at radius 2 is 1.79 bits per heavy atom. The van der Waals surface area contributed by atoms with Gasteiger partial charge in [-0.2, -0.15) is 0 Å². The first kappa shape index (κ1) is 13.9. The number of hydrogen-bond acceptors (Lipinski definition) is 2. The van der Waals surface area contributed by atoms with E-state index in [1.54, 1.807) is 0 Å². The van der Waals surface area contributed by atoms with Crippen molar-refractivity contribution in [3.63, 3.8) is 0 Å².